The Morgan fingerprint density at radius 3 is 1.22 bits per heavy atom. The van der Waals surface area contributed by atoms with Gasteiger partial charge >= 0.3 is 0 Å². The van der Waals surface area contributed by atoms with E-state index in [1.54, 1.807) is 37.7 Å². The normalized spacial score (nSPS) is 11.6. The predicted octanol–water partition coefficient (Wildman–Crippen LogP) is 5.84. The Kier molecular flexibility index (Phi) is 12.6. The molecule has 0 bridgehead atoms. The van der Waals surface area contributed by atoms with E-state index in [1.165, 1.54) is 0 Å². The zero-order valence-electron chi connectivity index (χ0n) is 20.0. The molecule has 0 atom stereocenters. The average Bonchev–Trinajstić information content (AvgIpc) is 2.80. The first kappa shape index (κ1) is 27.1. The second-order valence-electron chi connectivity index (χ2n) is 6.59. The SMILES string of the molecule is CCOC(CSc1ccc2c(OC)c(SCC(OCC)OCC)ccc2c1OC)OCC. The van der Waals surface area contributed by atoms with Crippen molar-refractivity contribution in [2.75, 3.05) is 52.2 Å². The number of thioether (sulfide) groups is 2. The lowest BCUT2D eigenvalue weighted by Gasteiger charge is -2.20. The van der Waals surface area contributed by atoms with Crippen LogP contribution in [0.2, 0.25) is 0 Å². The Labute approximate surface area is 200 Å². The number of rotatable bonds is 16. The third-order valence-electron chi connectivity index (χ3n) is 4.60. The molecule has 0 N–H and O–H groups in total. The predicted molar refractivity (Wildman–Crippen MR) is 133 cm³/mol. The van der Waals surface area contributed by atoms with E-state index in [0.29, 0.717) is 37.9 Å². The molecule has 2 aromatic rings. The molecule has 2 aromatic carbocycles. The summed E-state index contributed by atoms with van der Waals surface area (Å²) in [7, 11) is 3.40. The molecule has 0 aliphatic rings. The van der Waals surface area contributed by atoms with E-state index in [0.717, 1.165) is 32.1 Å². The molecular formula is C24H36O6S2. The van der Waals surface area contributed by atoms with Gasteiger partial charge in [0.05, 0.1) is 24.0 Å². The van der Waals surface area contributed by atoms with Crippen molar-refractivity contribution >= 4 is 34.3 Å². The van der Waals surface area contributed by atoms with Gasteiger partial charge in [-0.1, -0.05) is 0 Å². The van der Waals surface area contributed by atoms with Gasteiger partial charge in [0.1, 0.15) is 11.5 Å². The maximum absolute atomic E-state index is 5.81. The highest BCUT2D eigenvalue weighted by atomic mass is 32.2. The van der Waals surface area contributed by atoms with Crippen LogP contribution in [-0.2, 0) is 18.9 Å². The summed E-state index contributed by atoms with van der Waals surface area (Å²) in [6.07, 6.45) is -0.486. The molecule has 0 saturated carbocycles. The van der Waals surface area contributed by atoms with E-state index >= 15 is 0 Å². The van der Waals surface area contributed by atoms with Crippen LogP contribution in [0.1, 0.15) is 27.7 Å². The zero-order valence-corrected chi connectivity index (χ0v) is 21.6. The van der Waals surface area contributed by atoms with Gasteiger partial charge in [0.15, 0.2) is 12.6 Å². The van der Waals surface area contributed by atoms with E-state index < -0.39 is 0 Å². The van der Waals surface area contributed by atoms with Crippen LogP contribution in [0.3, 0.4) is 0 Å². The quantitative estimate of drug-likeness (QED) is 0.218. The smallest absolute Gasteiger partial charge is 0.166 e. The molecule has 0 heterocycles. The molecule has 32 heavy (non-hydrogen) atoms. The highest BCUT2D eigenvalue weighted by Crippen LogP contribution is 2.43. The summed E-state index contributed by atoms with van der Waals surface area (Å²) < 4.78 is 34.3. The maximum atomic E-state index is 5.81. The van der Waals surface area contributed by atoms with Gasteiger partial charge < -0.3 is 28.4 Å². The first-order valence-corrected chi connectivity index (χ1v) is 13.0. The Hall–Kier alpha value is -1.16. The summed E-state index contributed by atoms with van der Waals surface area (Å²) in [6, 6.07) is 8.31. The van der Waals surface area contributed by atoms with E-state index in [4.69, 9.17) is 28.4 Å². The molecule has 2 rings (SSSR count). The lowest BCUT2D eigenvalue weighted by molar-refractivity contribution is -0.120. The third-order valence-corrected chi connectivity index (χ3v) is 6.74. The lowest BCUT2D eigenvalue weighted by atomic mass is 10.1. The van der Waals surface area contributed by atoms with Crippen molar-refractivity contribution < 1.29 is 28.4 Å². The van der Waals surface area contributed by atoms with Gasteiger partial charge in [0.2, 0.25) is 0 Å². The summed E-state index contributed by atoms with van der Waals surface area (Å²) in [4.78, 5) is 2.08. The largest absolute Gasteiger partial charge is 0.495 e. The van der Waals surface area contributed by atoms with Gasteiger partial charge in [0, 0.05) is 48.7 Å². The zero-order chi connectivity index (χ0) is 23.3. The molecule has 0 aliphatic carbocycles. The van der Waals surface area contributed by atoms with Crippen LogP contribution in [0, 0.1) is 0 Å². The van der Waals surface area contributed by atoms with Crippen LogP contribution < -0.4 is 9.47 Å². The number of benzene rings is 2. The molecule has 0 saturated heterocycles. The Bertz CT molecular complexity index is 737. The van der Waals surface area contributed by atoms with Gasteiger partial charge in [-0.2, -0.15) is 0 Å². The van der Waals surface area contributed by atoms with Crippen LogP contribution in [0.25, 0.3) is 10.8 Å². The molecule has 0 spiro atoms. The first-order chi connectivity index (χ1) is 15.6. The fourth-order valence-electron chi connectivity index (χ4n) is 3.31. The fraction of sp³-hybridized carbons (Fsp3) is 0.583. The van der Waals surface area contributed by atoms with Gasteiger partial charge in [-0.25, -0.2) is 0 Å². The summed E-state index contributed by atoms with van der Waals surface area (Å²) in [5.74, 6) is 3.03. The molecule has 0 radical (unpaired) electrons. The molecule has 0 aliphatic heterocycles. The Morgan fingerprint density at radius 2 is 0.938 bits per heavy atom. The standard InChI is InChI=1S/C24H36O6S2/c1-7-27-21(28-8-2)15-31-19-13-11-18-17(23(19)25-5)12-14-20(24(18)26-6)32-16-22(29-9-3)30-10-4/h11-14,21-22H,7-10,15-16H2,1-6H3. The van der Waals surface area contributed by atoms with E-state index in [1.807, 2.05) is 27.7 Å². The number of ether oxygens (including phenoxy) is 6. The molecule has 8 heteroatoms. The maximum Gasteiger partial charge on any atom is 0.166 e. The molecule has 180 valence electrons. The molecule has 0 unspecified atom stereocenters. The minimum atomic E-state index is -0.243. The number of hydrogen-bond donors (Lipinski definition) is 0. The molecular weight excluding hydrogens is 448 g/mol. The van der Waals surface area contributed by atoms with E-state index in [-0.39, 0.29) is 12.6 Å². The minimum absolute atomic E-state index is 0.243. The summed E-state index contributed by atoms with van der Waals surface area (Å²) in [6.45, 7) is 10.4. The lowest BCUT2D eigenvalue weighted by Crippen LogP contribution is -2.20. The van der Waals surface area contributed by atoms with Gasteiger partial charge in [-0.15, -0.1) is 23.5 Å². The fourth-order valence-corrected chi connectivity index (χ4v) is 5.30. The van der Waals surface area contributed by atoms with Crippen molar-refractivity contribution in [3.05, 3.63) is 24.3 Å². The number of methoxy groups -OCH3 is 2. The van der Waals surface area contributed by atoms with Crippen molar-refractivity contribution in [2.24, 2.45) is 0 Å². The number of hydrogen-bond acceptors (Lipinski definition) is 8. The second kappa shape index (κ2) is 14.9. The van der Waals surface area contributed by atoms with Crippen LogP contribution in [0.4, 0.5) is 0 Å². The highest BCUT2D eigenvalue weighted by Gasteiger charge is 2.18. The Morgan fingerprint density at radius 1 is 0.594 bits per heavy atom. The van der Waals surface area contributed by atoms with Crippen LogP contribution in [0.5, 0.6) is 11.5 Å². The van der Waals surface area contributed by atoms with Crippen molar-refractivity contribution in [3.63, 3.8) is 0 Å². The van der Waals surface area contributed by atoms with Crippen molar-refractivity contribution in [1.29, 1.82) is 0 Å². The van der Waals surface area contributed by atoms with Crippen molar-refractivity contribution in [2.45, 2.75) is 50.1 Å². The first-order valence-electron chi connectivity index (χ1n) is 11.0. The minimum Gasteiger partial charge on any atom is -0.495 e. The van der Waals surface area contributed by atoms with Crippen LogP contribution in [-0.4, -0.2) is 64.7 Å². The van der Waals surface area contributed by atoms with Crippen LogP contribution in [0.15, 0.2) is 34.1 Å². The van der Waals surface area contributed by atoms with Gasteiger partial charge in [-0.3, -0.25) is 0 Å². The third kappa shape index (κ3) is 7.43. The van der Waals surface area contributed by atoms with Crippen LogP contribution >= 0.6 is 23.5 Å². The van der Waals surface area contributed by atoms with Crippen molar-refractivity contribution in [1.82, 2.24) is 0 Å². The average molecular weight is 485 g/mol. The van der Waals surface area contributed by atoms with E-state index in [9.17, 15) is 0 Å². The Balaban J connectivity index is 2.28. The van der Waals surface area contributed by atoms with Gasteiger partial charge in [0.25, 0.3) is 0 Å². The molecule has 0 fully saturated rings. The topological polar surface area (TPSA) is 55.4 Å². The highest BCUT2D eigenvalue weighted by molar-refractivity contribution is 7.99. The second-order valence-corrected chi connectivity index (χ2v) is 8.72. The van der Waals surface area contributed by atoms with Gasteiger partial charge in [-0.05, 0) is 52.0 Å². The summed E-state index contributed by atoms with van der Waals surface area (Å²) in [5, 5.41) is 2.02. The molecule has 0 amide bonds. The molecule has 0 aromatic heterocycles. The molecule has 6 nitrogen and oxygen atoms in total. The monoisotopic (exact) mass is 484 g/mol. The summed E-state index contributed by atoms with van der Waals surface area (Å²) in [5.41, 5.74) is 0. The summed E-state index contributed by atoms with van der Waals surface area (Å²) >= 11 is 3.33. The number of fused-ring (bicyclic) bond motifs is 1. The van der Waals surface area contributed by atoms with E-state index in [2.05, 4.69) is 24.3 Å². The van der Waals surface area contributed by atoms with Crippen molar-refractivity contribution in [3.8, 4) is 11.5 Å².